The molecule has 88 valence electrons. The second kappa shape index (κ2) is 4.49. The van der Waals surface area contributed by atoms with E-state index >= 15 is 0 Å². The van der Waals surface area contributed by atoms with E-state index in [0.717, 1.165) is 18.7 Å². The monoisotopic (exact) mass is 221 g/mol. The maximum absolute atomic E-state index is 9.95. The summed E-state index contributed by atoms with van der Waals surface area (Å²) in [5.41, 5.74) is 6.22. The van der Waals surface area contributed by atoms with Gasteiger partial charge in [0.2, 0.25) is 0 Å². The first kappa shape index (κ1) is 11.5. The smallest absolute Gasteiger partial charge is 0.0758 e. The summed E-state index contributed by atoms with van der Waals surface area (Å²) in [5.74, 6) is 0. The summed E-state index contributed by atoms with van der Waals surface area (Å²) in [4.78, 5) is 6.55. The number of rotatable bonds is 3. The Hall–Kier alpha value is -0.970. The normalized spacial score (nSPS) is 28.2. The Bertz CT molecular complexity index is 339. The molecule has 2 rings (SSSR count). The molecule has 2 unspecified atom stereocenters. The van der Waals surface area contributed by atoms with Crippen molar-refractivity contribution < 1.29 is 5.11 Å². The molecule has 0 radical (unpaired) electrons. The van der Waals surface area contributed by atoms with Crippen LogP contribution in [0.15, 0.2) is 24.4 Å². The highest BCUT2D eigenvalue weighted by Crippen LogP contribution is 2.28. The molecule has 1 aliphatic rings. The van der Waals surface area contributed by atoms with E-state index in [1.54, 1.807) is 6.20 Å². The summed E-state index contributed by atoms with van der Waals surface area (Å²) in [7, 11) is 0. The first-order valence-electron chi connectivity index (χ1n) is 5.70. The Morgan fingerprint density at radius 3 is 2.94 bits per heavy atom. The van der Waals surface area contributed by atoms with E-state index in [0.29, 0.717) is 13.1 Å². The van der Waals surface area contributed by atoms with Gasteiger partial charge in [0.25, 0.3) is 0 Å². The summed E-state index contributed by atoms with van der Waals surface area (Å²) in [5, 5.41) is 9.95. The number of hydrogen-bond donors (Lipinski definition) is 2. The van der Waals surface area contributed by atoms with Crippen molar-refractivity contribution in [2.75, 3.05) is 19.6 Å². The molecule has 4 heteroatoms. The number of aliphatic hydroxyl groups is 1. The van der Waals surface area contributed by atoms with Crippen molar-refractivity contribution in [3.05, 3.63) is 30.1 Å². The molecular formula is C12H19N3O. The molecule has 2 heterocycles. The van der Waals surface area contributed by atoms with Gasteiger partial charge in [0.05, 0.1) is 17.3 Å². The van der Waals surface area contributed by atoms with E-state index in [4.69, 9.17) is 5.73 Å². The third kappa shape index (κ3) is 2.40. The number of nitrogens with two attached hydrogens (primary N) is 1. The summed E-state index contributed by atoms with van der Waals surface area (Å²) < 4.78 is 0. The van der Waals surface area contributed by atoms with E-state index in [1.165, 1.54) is 0 Å². The van der Waals surface area contributed by atoms with Gasteiger partial charge >= 0.3 is 0 Å². The van der Waals surface area contributed by atoms with Crippen LogP contribution in [0.3, 0.4) is 0 Å². The summed E-state index contributed by atoms with van der Waals surface area (Å²) in [6, 6.07) is 5.98. The second-order valence-electron chi connectivity index (χ2n) is 4.72. The molecular weight excluding hydrogens is 202 g/mol. The molecule has 0 saturated carbocycles. The number of β-amino-alcohol motifs (C(OH)–C–C–N with tert-alkyl or cyclic N) is 1. The maximum Gasteiger partial charge on any atom is 0.0758 e. The average Bonchev–Trinajstić information content (AvgIpc) is 2.62. The van der Waals surface area contributed by atoms with Gasteiger partial charge in [-0.25, -0.2) is 0 Å². The Kier molecular flexibility index (Phi) is 3.23. The van der Waals surface area contributed by atoms with Crippen LogP contribution in [0.4, 0.5) is 0 Å². The fourth-order valence-electron chi connectivity index (χ4n) is 2.28. The second-order valence-corrected chi connectivity index (χ2v) is 4.72. The molecule has 1 aliphatic heterocycles. The Labute approximate surface area is 96.1 Å². The van der Waals surface area contributed by atoms with Gasteiger partial charge < -0.3 is 10.8 Å². The zero-order valence-electron chi connectivity index (χ0n) is 9.63. The lowest BCUT2D eigenvalue weighted by atomic mass is 10.1. The lowest BCUT2D eigenvalue weighted by Crippen LogP contribution is -2.36. The molecule has 0 bridgehead atoms. The lowest BCUT2D eigenvalue weighted by molar-refractivity contribution is 0.0623. The van der Waals surface area contributed by atoms with Crippen molar-refractivity contribution in [3.8, 4) is 0 Å². The topological polar surface area (TPSA) is 62.4 Å². The SMILES string of the molecule is CC1(O)CCN(C(CN)c2ccccn2)C1. The maximum atomic E-state index is 9.95. The molecule has 0 aliphatic carbocycles. The van der Waals surface area contributed by atoms with Crippen LogP contribution >= 0.6 is 0 Å². The highest BCUT2D eigenvalue weighted by atomic mass is 16.3. The van der Waals surface area contributed by atoms with Gasteiger partial charge in [-0.05, 0) is 25.5 Å². The molecule has 1 saturated heterocycles. The Morgan fingerprint density at radius 1 is 1.62 bits per heavy atom. The minimum Gasteiger partial charge on any atom is -0.389 e. The van der Waals surface area contributed by atoms with Crippen molar-refractivity contribution in [2.24, 2.45) is 5.73 Å². The number of aromatic nitrogens is 1. The van der Waals surface area contributed by atoms with Gasteiger partial charge in [-0.3, -0.25) is 9.88 Å². The van der Waals surface area contributed by atoms with Crippen LogP contribution in [0.2, 0.25) is 0 Å². The van der Waals surface area contributed by atoms with Gasteiger partial charge in [0, 0.05) is 25.8 Å². The average molecular weight is 221 g/mol. The minimum atomic E-state index is -0.581. The van der Waals surface area contributed by atoms with Gasteiger partial charge in [-0.15, -0.1) is 0 Å². The highest BCUT2D eigenvalue weighted by Gasteiger charge is 2.35. The number of nitrogens with zero attached hydrogens (tertiary/aromatic N) is 2. The lowest BCUT2D eigenvalue weighted by Gasteiger charge is -2.27. The molecule has 1 fully saturated rings. The highest BCUT2D eigenvalue weighted by molar-refractivity contribution is 5.10. The fourth-order valence-corrected chi connectivity index (χ4v) is 2.28. The Morgan fingerprint density at radius 2 is 2.44 bits per heavy atom. The summed E-state index contributed by atoms with van der Waals surface area (Å²) in [6.07, 6.45) is 2.59. The van der Waals surface area contributed by atoms with Crippen molar-refractivity contribution >= 4 is 0 Å². The summed E-state index contributed by atoms with van der Waals surface area (Å²) >= 11 is 0. The quantitative estimate of drug-likeness (QED) is 0.782. The van der Waals surface area contributed by atoms with Gasteiger partial charge in [-0.2, -0.15) is 0 Å². The van der Waals surface area contributed by atoms with Gasteiger partial charge in [-0.1, -0.05) is 6.07 Å². The first-order valence-corrected chi connectivity index (χ1v) is 5.70. The van der Waals surface area contributed by atoms with Crippen molar-refractivity contribution in [1.82, 2.24) is 9.88 Å². The van der Waals surface area contributed by atoms with Crippen LogP contribution in [0.5, 0.6) is 0 Å². The van der Waals surface area contributed by atoms with Crippen LogP contribution in [-0.4, -0.2) is 40.2 Å². The third-order valence-electron chi connectivity index (χ3n) is 3.17. The van der Waals surface area contributed by atoms with Crippen LogP contribution in [0.1, 0.15) is 25.1 Å². The third-order valence-corrected chi connectivity index (χ3v) is 3.17. The van der Waals surface area contributed by atoms with E-state index in [9.17, 15) is 5.11 Å². The van der Waals surface area contributed by atoms with Crippen molar-refractivity contribution in [3.63, 3.8) is 0 Å². The van der Waals surface area contributed by atoms with Crippen molar-refractivity contribution in [2.45, 2.75) is 25.0 Å². The van der Waals surface area contributed by atoms with E-state index in [-0.39, 0.29) is 6.04 Å². The molecule has 1 aromatic heterocycles. The minimum absolute atomic E-state index is 0.121. The predicted octanol–water partition coefficient (Wildman–Crippen LogP) is 0.538. The molecule has 0 spiro atoms. The fraction of sp³-hybridized carbons (Fsp3) is 0.583. The number of hydrogen-bond acceptors (Lipinski definition) is 4. The molecule has 4 nitrogen and oxygen atoms in total. The van der Waals surface area contributed by atoms with E-state index in [2.05, 4.69) is 9.88 Å². The zero-order valence-corrected chi connectivity index (χ0v) is 9.63. The van der Waals surface area contributed by atoms with Crippen LogP contribution in [-0.2, 0) is 0 Å². The van der Waals surface area contributed by atoms with E-state index < -0.39 is 5.60 Å². The Balaban J connectivity index is 2.13. The predicted molar refractivity (Wildman–Crippen MR) is 62.8 cm³/mol. The molecule has 0 amide bonds. The van der Waals surface area contributed by atoms with Gasteiger partial charge in [0.1, 0.15) is 0 Å². The van der Waals surface area contributed by atoms with Crippen molar-refractivity contribution in [1.29, 1.82) is 0 Å². The van der Waals surface area contributed by atoms with Crippen LogP contribution in [0, 0.1) is 0 Å². The molecule has 16 heavy (non-hydrogen) atoms. The molecule has 2 atom stereocenters. The summed E-state index contributed by atoms with van der Waals surface area (Å²) in [6.45, 7) is 3.96. The number of pyridine rings is 1. The number of likely N-dealkylation sites (tertiary alicyclic amines) is 1. The van der Waals surface area contributed by atoms with E-state index in [1.807, 2.05) is 25.1 Å². The molecule has 3 N–H and O–H groups in total. The largest absolute Gasteiger partial charge is 0.389 e. The molecule has 1 aromatic rings. The molecule has 0 aromatic carbocycles. The first-order chi connectivity index (χ1) is 7.62. The standard InChI is InChI=1S/C12H19N3O/c1-12(16)5-7-15(9-12)11(8-13)10-4-2-3-6-14-10/h2-4,6,11,16H,5,7-9,13H2,1H3. The van der Waals surface area contributed by atoms with Crippen LogP contribution < -0.4 is 5.73 Å². The zero-order chi connectivity index (χ0) is 11.6. The van der Waals surface area contributed by atoms with Gasteiger partial charge in [0.15, 0.2) is 0 Å². The van der Waals surface area contributed by atoms with Crippen LogP contribution in [0.25, 0.3) is 0 Å².